The highest BCUT2D eigenvalue weighted by atomic mass is 35.5. The average Bonchev–Trinajstić information content (AvgIpc) is 2.87. The standard InChI is InChI=1S/C16H19ClFN5O/c1-10-6-14(21-22(10)2)16(24)20-12-4-3-5-23(9-12)15-13(18)7-11(17)8-19-15/h6-8,12H,3-5,9H2,1-2H3,(H,20,24). The van der Waals surface area contributed by atoms with E-state index < -0.39 is 5.82 Å². The fourth-order valence-electron chi connectivity index (χ4n) is 2.86. The molecule has 2 aromatic heterocycles. The van der Waals surface area contributed by atoms with Crippen molar-refractivity contribution in [1.29, 1.82) is 0 Å². The van der Waals surface area contributed by atoms with Crippen molar-refractivity contribution in [2.24, 2.45) is 7.05 Å². The number of carbonyl (C=O) groups excluding carboxylic acids is 1. The molecule has 1 aliphatic rings. The predicted molar refractivity (Wildman–Crippen MR) is 89.9 cm³/mol. The third-order valence-corrected chi connectivity index (χ3v) is 4.40. The van der Waals surface area contributed by atoms with Crippen LogP contribution in [0, 0.1) is 12.7 Å². The van der Waals surface area contributed by atoms with Gasteiger partial charge in [0.15, 0.2) is 11.6 Å². The zero-order chi connectivity index (χ0) is 17.3. The second kappa shape index (κ2) is 6.76. The molecule has 0 spiro atoms. The van der Waals surface area contributed by atoms with Crippen LogP contribution in [0.1, 0.15) is 29.0 Å². The predicted octanol–water partition coefficient (Wildman–Crippen LogP) is 2.31. The molecule has 8 heteroatoms. The molecule has 1 saturated heterocycles. The van der Waals surface area contributed by atoms with Crippen LogP contribution in [0.2, 0.25) is 5.02 Å². The average molecular weight is 352 g/mol. The first kappa shape index (κ1) is 16.7. The topological polar surface area (TPSA) is 63.1 Å². The maximum absolute atomic E-state index is 14.0. The van der Waals surface area contributed by atoms with E-state index in [2.05, 4.69) is 15.4 Å². The molecule has 3 heterocycles. The highest BCUT2D eigenvalue weighted by molar-refractivity contribution is 6.30. The molecule has 1 aliphatic heterocycles. The van der Waals surface area contributed by atoms with E-state index in [0.717, 1.165) is 18.5 Å². The lowest BCUT2D eigenvalue weighted by Crippen LogP contribution is -2.48. The number of aryl methyl sites for hydroxylation is 2. The lowest BCUT2D eigenvalue weighted by atomic mass is 10.1. The molecule has 1 amide bonds. The van der Waals surface area contributed by atoms with E-state index >= 15 is 0 Å². The van der Waals surface area contributed by atoms with Gasteiger partial charge in [0.2, 0.25) is 0 Å². The Morgan fingerprint density at radius 1 is 1.46 bits per heavy atom. The molecule has 0 saturated carbocycles. The minimum absolute atomic E-state index is 0.0783. The van der Waals surface area contributed by atoms with E-state index in [0.29, 0.717) is 18.8 Å². The first-order chi connectivity index (χ1) is 11.4. The van der Waals surface area contributed by atoms with Crippen molar-refractivity contribution < 1.29 is 9.18 Å². The van der Waals surface area contributed by atoms with E-state index in [4.69, 9.17) is 11.6 Å². The van der Waals surface area contributed by atoms with Gasteiger partial charge in [0.25, 0.3) is 5.91 Å². The Balaban J connectivity index is 1.68. The summed E-state index contributed by atoms with van der Waals surface area (Å²) in [5, 5.41) is 7.42. The summed E-state index contributed by atoms with van der Waals surface area (Å²) < 4.78 is 15.7. The Morgan fingerprint density at radius 2 is 2.25 bits per heavy atom. The summed E-state index contributed by atoms with van der Waals surface area (Å²) in [6.07, 6.45) is 3.11. The monoisotopic (exact) mass is 351 g/mol. The van der Waals surface area contributed by atoms with Crippen LogP contribution >= 0.6 is 11.6 Å². The van der Waals surface area contributed by atoms with Crippen LogP contribution in [-0.2, 0) is 7.05 Å². The smallest absolute Gasteiger partial charge is 0.272 e. The van der Waals surface area contributed by atoms with Crippen LogP contribution in [0.25, 0.3) is 0 Å². The number of nitrogens with zero attached hydrogens (tertiary/aromatic N) is 4. The molecule has 128 valence electrons. The maximum atomic E-state index is 14.0. The number of rotatable bonds is 3. The van der Waals surface area contributed by atoms with Gasteiger partial charge in [0.1, 0.15) is 5.69 Å². The molecule has 0 radical (unpaired) electrons. The summed E-state index contributed by atoms with van der Waals surface area (Å²) in [5.74, 6) is -0.392. The van der Waals surface area contributed by atoms with Gasteiger partial charge in [-0.1, -0.05) is 11.6 Å². The fraction of sp³-hybridized carbons (Fsp3) is 0.438. The third-order valence-electron chi connectivity index (χ3n) is 4.19. The number of piperidine rings is 1. The second-order valence-corrected chi connectivity index (χ2v) is 6.45. The molecule has 1 unspecified atom stereocenters. The number of hydrogen-bond donors (Lipinski definition) is 1. The maximum Gasteiger partial charge on any atom is 0.272 e. The number of nitrogens with one attached hydrogen (secondary N) is 1. The Morgan fingerprint density at radius 3 is 2.92 bits per heavy atom. The van der Waals surface area contributed by atoms with E-state index in [1.165, 1.54) is 12.3 Å². The highest BCUT2D eigenvalue weighted by Crippen LogP contribution is 2.23. The summed E-state index contributed by atoms with van der Waals surface area (Å²) >= 11 is 5.75. The van der Waals surface area contributed by atoms with Gasteiger partial charge in [-0.05, 0) is 31.9 Å². The van der Waals surface area contributed by atoms with Crippen molar-refractivity contribution >= 4 is 23.3 Å². The van der Waals surface area contributed by atoms with Crippen molar-refractivity contribution in [3.8, 4) is 0 Å². The number of carbonyl (C=O) groups is 1. The van der Waals surface area contributed by atoms with E-state index in [-0.39, 0.29) is 22.8 Å². The number of aromatic nitrogens is 3. The Bertz CT molecular complexity index is 743. The van der Waals surface area contributed by atoms with Crippen LogP contribution in [0.5, 0.6) is 0 Å². The van der Waals surface area contributed by atoms with E-state index in [1.54, 1.807) is 17.8 Å². The summed E-state index contributed by atoms with van der Waals surface area (Å²) in [6, 6.07) is 2.92. The SMILES string of the molecule is Cc1cc(C(=O)NC2CCCN(c3ncc(Cl)cc3F)C2)nn1C. The molecule has 2 aromatic rings. The summed E-state index contributed by atoms with van der Waals surface area (Å²) in [4.78, 5) is 18.2. The largest absolute Gasteiger partial charge is 0.352 e. The fourth-order valence-corrected chi connectivity index (χ4v) is 3.00. The lowest BCUT2D eigenvalue weighted by molar-refractivity contribution is 0.0927. The van der Waals surface area contributed by atoms with Gasteiger partial charge in [0, 0.05) is 38.1 Å². The quantitative estimate of drug-likeness (QED) is 0.921. The van der Waals surface area contributed by atoms with Crippen LogP contribution in [0.4, 0.5) is 10.2 Å². The first-order valence-electron chi connectivity index (χ1n) is 7.81. The molecule has 0 bridgehead atoms. The normalized spacial score (nSPS) is 17.8. The van der Waals surface area contributed by atoms with Gasteiger partial charge >= 0.3 is 0 Å². The molecular formula is C16H19ClFN5O. The Kier molecular flexibility index (Phi) is 4.71. The minimum atomic E-state index is -0.449. The molecule has 0 aromatic carbocycles. The zero-order valence-electron chi connectivity index (χ0n) is 13.6. The van der Waals surface area contributed by atoms with Gasteiger partial charge in [-0.2, -0.15) is 5.10 Å². The summed E-state index contributed by atoms with van der Waals surface area (Å²) in [5.41, 5.74) is 1.31. The van der Waals surface area contributed by atoms with Gasteiger partial charge in [-0.3, -0.25) is 9.48 Å². The molecule has 1 fully saturated rings. The number of pyridine rings is 1. The van der Waals surface area contributed by atoms with E-state index in [1.807, 2.05) is 11.8 Å². The third kappa shape index (κ3) is 3.51. The van der Waals surface area contributed by atoms with Crippen molar-refractivity contribution in [3.05, 3.63) is 40.6 Å². The molecular weight excluding hydrogens is 333 g/mol. The van der Waals surface area contributed by atoms with Crippen LogP contribution in [-0.4, -0.2) is 39.8 Å². The van der Waals surface area contributed by atoms with Crippen LogP contribution in [0.3, 0.4) is 0 Å². The van der Waals surface area contributed by atoms with Crippen molar-refractivity contribution in [2.45, 2.75) is 25.8 Å². The number of halogens is 2. The minimum Gasteiger partial charge on any atom is -0.352 e. The van der Waals surface area contributed by atoms with Gasteiger partial charge in [0.05, 0.1) is 5.02 Å². The summed E-state index contributed by atoms with van der Waals surface area (Å²) in [7, 11) is 1.80. The number of hydrogen-bond acceptors (Lipinski definition) is 4. The first-order valence-corrected chi connectivity index (χ1v) is 8.19. The van der Waals surface area contributed by atoms with Crippen LogP contribution < -0.4 is 10.2 Å². The van der Waals surface area contributed by atoms with Gasteiger partial charge in [-0.15, -0.1) is 0 Å². The zero-order valence-corrected chi connectivity index (χ0v) is 14.3. The van der Waals surface area contributed by atoms with Crippen LogP contribution in [0.15, 0.2) is 18.3 Å². The Labute approximate surface area is 144 Å². The van der Waals surface area contributed by atoms with Crippen molar-refractivity contribution in [2.75, 3.05) is 18.0 Å². The van der Waals surface area contributed by atoms with Gasteiger partial charge < -0.3 is 10.2 Å². The molecule has 3 rings (SSSR count). The van der Waals surface area contributed by atoms with Crippen molar-refractivity contribution in [1.82, 2.24) is 20.1 Å². The number of amides is 1. The number of anilines is 1. The lowest BCUT2D eigenvalue weighted by Gasteiger charge is -2.34. The Hall–Kier alpha value is -2.15. The molecule has 24 heavy (non-hydrogen) atoms. The highest BCUT2D eigenvalue weighted by Gasteiger charge is 2.25. The molecule has 1 N–H and O–H groups in total. The second-order valence-electron chi connectivity index (χ2n) is 6.01. The van der Waals surface area contributed by atoms with Gasteiger partial charge in [-0.25, -0.2) is 9.37 Å². The molecule has 0 aliphatic carbocycles. The summed E-state index contributed by atoms with van der Waals surface area (Å²) in [6.45, 7) is 3.09. The van der Waals surface area contributed by atoms with E-state index in [9.17, 15) is 9.18 Å². The van der Waals surface area contributed by atoms with Crippen molar-refractivity contribution in [3.63, 3.8) is 0 Å². The molecule has 1 atom stereocenters. The molecule has 6 nitrogen and oxygen atoms in total.